The molecule has 2 rings (SSSR count). The molecule has 3 heteroatoms. The first-order valence-corrected chi connectivity index (χ1v) is 6.81. The molecule has 2 atom stereocenters. The molecule has 0 aromatic heterocycles. The molecule has 1 aliphatic heterocycles. The summed E-state index contributed by atoms with van der Waals surface area (Å²) in [4.78, 5) is 4.61. The van der Waals surface area contributed by atoms with Crippen LogP contribution in [0, 0.1) is 0 Å². The van der Waals surface area contributed by atoms with Crippen LogP contribution >= 0.6 is 0 Å². The highest BCUT2D eigenvalue weighted by Crippen LogP contribution is 2.27. The third-order valence-corrected chi connectivity index (χ3v) is 3.95. The van der Waals surface area contributed by atoms with Crippen LogP contribution in [0.2, 0.25) is 0 Å². The lowest BCUT2D eigenvalue weighted by Gasteiger charge is -2.36. The molecule has 0 spiro atoms. The Kier molecular flexibility index (Phi) is 4.12. The third kappa shape index (κ3) is 2.96. The Bertz CT molecular complexity index is 389. The minimum Gasteiger partial charge on any atom is -0.381 e. The van der Waals surface area contributed by atoms with Crippen molar-refractivity contribution in [3.8, 4) is 0 Å². The molecule has 18 heavy (non-hydrogen) atoms. The number of hydrogen-bond donors (Lipinski definition) is 1. The predicted molar refractivity (Wildman–Crippen MR) is 79.5 cm³/mol. The Hall–Kier alpha value is -1.22. The minimum atomic E-state index is 0.595. The van der Waals surface area contributed by atoms with Gasteiger partial charge < -0.3 is 15.1 Å². The van der Waals surface area contributed by atoms with E-state index in [-0.39, 0.29) is 0 Å². The van der Waals surface area contributed by atoms with Gasteiger partial charge in [-0.05, 0) is 38.9 Å². The normalized spacial score (nSPS) is 24.9. The molecular weight excluding hydrogens is 222 g/mol. The minimum absolute atomic E-state index is 0.595. The largest absolute Gasteiger partial charge is 0.381 e. The molecule has 0 saturated carbocycles. The fourth-order valence-electron chi connectivity index (χ4n) is 2.63. The Morgan fingerprint density at radius 1 is 1.28 bits per heavy atom. The monoisotopic (exact) mass is 247 g/mol. The van der Waals surface area contributed by atoms with Gasteiger partial charge in [-0.15, -0.1) is 0 Å². The number of para-hydroxylation sites is 2. The third-order valence-electron chi connectivity index (χ3n) is 3.95. The zero-order valence-corrected chi connectivity index (χ0v) is 12.0. The number of nitrogens with one attached hydrogen (secondary N) is 1. The average Bonchev–Trinajstić information content (AvgIpc) is 2.34. The molecular formula is C15H25N3. The predicted octanol–water partition coefficient (Wildman–Crippen LogP) is 2.65. The van der Waals surface area contributed by atoms with E-state index in [1.165, 1.54) is 30.8 Å². The van der Waals surface area contributed by atoms with Crippen molar-refractivity contribution in [2.24, 2.45) is 0 Å². The topological polar surface area (TPSA) is 18.5 Å². The molecule has 3 nitrogen and oxygen atoms in total. The number of anilines is 2. The summed E-state index contributed by atoms with van der Waals surface area (Å²) >= 11 is 0. The Labute approximate surface area is 111 Å². The van der Waals surface area contributed by atoms with Crippen molar-refractivity contribution in [2.75, 3.05) is 37.9 Å². The van der Waals surface area contributed by atoms with Crippen molar-refractivity contribution in [2.45, 2.75) is 31.8 Å². The second kappa shape index (κ2) is 5.61. The molecule has 1 heterocycles. The smallest absolute Gasteiger partial charge is 0.0596 e. The summed E-state index contributed by atoms with van der Waals surface area (Å²) in [5.41, 5.74) is 2.52. The van der Waals surface area contributed by atoms with Crippen LogP contribution in [0.5, 0.6) is 0 Å². The lowest BCUT2D eigenvalue weighted by Crippen LogP contribution is -2.42. The van der Waals surface area contributed by atoms with E-state index in [2.05, 4.69) is 67.4 Å². The molecule has 1 N–H and O–H groups in total. The lowest BCUT2D eigenvalue weighted by atomic mass is 9.98. The summed E-state index contributed by atoms with van der Waals surface area (Å²) in [5, 5.41) is 3.71. The Morgan fingerprint density at radius 3 is 2.67 bits per heavy atom. The van der Waals surface area contributed by atoms with Crippen molar-refractivity contribution in [1.82, 2.24) is 4.90 Å². The first kappa shape index (κ1) is 13.2. The summed E-state index contributed by atoms with van der Waals surface area (Å²) in [6.45, 7) is 3.49. The molecule has 0 aliphatic carbocycles. The first-order valence-electron chi connectivity index (χ1n) is 6.81. The molecule has 1 aromatic carbocycles. The van der Waals surface area contributed by atoms with Crippen LogP contribution in [0.1, 0.15) is 19.8 Å². The highest BCUT2D eigenvalue weighted by atomic mass is 15.2. The zero-order chi connectivity index (χ0) is 13.1. The quantitative estimate of drug-likeness (QED) is 0.886. The van der Waals surface area contributed by atoms with Crippen molar-refractivity contribution in [3.63, 3.8) is 0 Å². The van der Waals surface area contributed by atoms with Gasteiger partial charge in [0, 0.05) is 32.7 Å². The van der Waals surface area contributed by atoms with E-state index in [0.717, 1.165) is 0 Å². The van der Waals surface area contributed by atoms with Crippen LogP contribution in [0.15, 0.2) is 24.3 Å². The van der Waals surface area contributed by atoms with Gasteiger partial charge in [-0.25, -0.2) is 0 Å². The summed E-state index contributed by atoms with van der Waals surface area (Å²) < 4.78 is 0. The van der Waals surface area contributed by atoms with E-state index in [1.807, 2.05) is 0 Å². The number of likely N-dealkylation sites (tertiary alicyclic amines) is 1. The van der Waals surface area contributed by atoms with Gasteiger partial charge in [-0.3, -0.25) is 0 Å². The maximum absolute atomic E-state index is 3.71. The van der Waals surface area contributed by atoms with Crippen molar-refractivity contribution in [3.05, 3.63) is 24.3 Å². The van der Waals surface area contributed by atoms with E-state index in [4.69, 9.17) is 0 Å². The fraction of sp³-hybridized carbons (Fsp3) is 0.600. The van der Waals surface area contributed by atoms with Gasteiger partial charge in [0.1, 0.15) is 0 Å². The van der Waals surface area contributed by atoms with Gasteiger partial charge in [0.25, 0.3) is 0 Å². The molecule has 1 aliphatic rings. The second-order valence-corrected chi connectivity index (χ2v) is 5.61. The zero-order valence-electron chi connectivity index (χ0n) is 12.0. The number of hydrogen-bond acceptors (Lipinski definition) is 3. The fourth-order valence-corrected chi connectivity index (χ4v) is 2.63. The Morgan fingerprint density at radius 2 is 2.00 bits per heavy atom. The average molecular weight is 247 g/mol. The van der Waals surface area contributed by atoms with Crippen LogP contribution in [-0.2, 0) is 0 Å². The van der Waals surface area contributed by atoms with E-state index >= 15 is 0 Å². The van der Waals surface area contributed by atoms with Gasteiger partial charge in [0.2, 0.25) is 0 Å². The van der Waals surface area contributed by atoms with Crippen LogP contribution < -0.4 is 10.2 Å². The summed E-state index contributed by atoms with van der Waals surface area (Å²) in [6, 6.07) is 9.81. The second-order valence-electron chi connectivity index (χ2n) is 5.61. The highest BCUT2D eigenvalue weighted by Gasteiger charge is 2.23. The number of piperidine rings is 1. The molecule has 100 valence electrons. The molecule has 0 amide bonds. The number of nitrogens with zero attached hydrogens (tertiary/aromatic N) is 2. The molecule has 1 aromatic rings. The van der Waals surface area contributed by atoms with Crippen molar-refractivity contribution >= 4 is 11.4 Å². The van der Waals surface area contributed by atoms with E-state index < -0.39 is 0 Å². The van der Waals surface area contributed by atoms with Gasteiger partial charge in [0.05, 0.1) is 11.4 Å². The molecule has 0 bridgehead atoms. The summed E-state index contributed by atoms with van der Waals surface area (Å²) in [5.74, 6) is 0. The molecule has 0 radical (unpaired) electrons. The SMILES string of the molecule is CC1CC(Nc2ccccc2N(C)C)CCN1C. The van der Waals surface area contributed by atoms with Crippen LogP contribution in [-0.4, -0.2) is 44.7 Å². The molecule has 2 unspecified atom stereocenters. The van der Waals surface area contributed by atoms with Gasteiger partial charge in [-0.2, -0.15) is 0 Å². The first-order chi connectivity index (χ1) is 8.58. The maximum Gasteiger partial charge on any atom is 0.0596 e. The highest BCUT2D eigenvalue weighted by molar-refractivity contribution is 5.69. The van der Waals surface area contributed by atoms with E-state index in [0.29, 0.717) is 12.1 Å². The molecule has 1 fully saturated rings. The van der Waals surface area contributed by atoms with Crippen LogP contribution in [0.4, 0.5) is 11.4 Å². The Balaban J connectivity index is 2.06. The van der Waals surface area contributed by atoms with Gasteiger partial charge in [-0.1, -0.05) is 12.1 Å². The van der Waals surface area contributed by atoms with Gasteiger partial charge >= 0.3 is 0 Å². The number of rotatable bonds is 3. The van der Waals surface area contributed by atoms with Gasteiger partial charge in [0.15, 0.2) is 0 Å². The lowest BCUT2D eigenvalue weighted by molar-refractivity contribution is 0.190. The standard InChI is InChI=1S/C15H25N3/c1-12-11-13(9-10-18(12)4)16-14-7-5-6-8-15(14)17(2)3/h5-8,12-13,16H,9-11H2,1-4H3. The van der Waals surface area contributed by atoms with Crippen LogP contribution in [0.25, 0.3) is 0 Å². The molecule has 1 saturated heterocycles. The van der Waals surface area contributed by atoms with E-state index in [1.54, 1.807) is 0 Å². The van der Waals surface area contributed by atoms with Crippen molar-refractivity contribution < 1.29 is 0 Å². The maximum atomic E-state index is 3.71. The van der Waals surface area contributed by atoms with Crippen LogP contribution in [0.3, 0.4) is 0 Å². The summed E-state index contributed by atoms with van der Waals surface area (Å²) in [7, 11) is 6.41. The number of benzene rings is 1. The summed E-state index contributed by atoms with van der Waals surface area (Å²) in [6.07, 6.45) is 2.45. The van der Waals surface area contributed by atoms with E-state index in [9.17, 15) is 0 Å². The van der Waals surface area contributed by atoms with Crippen molar-refractivity contribution in [1.29, 1.82) is 0 Å².